The molecule has 0 aliphatic carbocycles. The highest BCUT2D eigenvalue weighted by Crippen LogP contribution is 2.30. The Kier molecular flexibility index (Phi) is 4.35. The van der Waals surface area contributed by atoms with Crippen LogP contribution in [-0.4, -0.2) is 36.6 Å². The highest BCUT2D eigenvalue weighted by molar-refractivity contribution is 5.55. The van der Waals surface area contributed by atoms with Crippen LogP contribution in [0.4, 0.5) is 13.2 Å². The van der Waals surface area contributed by atoms with E-state index in [0.29, 0.717) is 34.2 Å². The van der Waals surface area contributed by atoms with Crippen molar-refractivity contribution in [1.29, 1.82) is 0 Å². The average molecular weight is 418 g/mol. The number of hydrogen-bond acceptors (Lipinski definition) is 8. The molecule has 1 atom stereocenters. The van der Waals surface area contributed by atoms with Crippen molar-refractivity contribution >= 4 is 5.65 Å². The topological polar surface area (TPSA) is 100 Å². The zero-order valence-corrected chi connectivity index (χ0v) is 15.2. The number of benzene rings is 1. The van der Waals surface area contributed by atoms with Crippen molar-refractivity contribution in [2.45, 2.75) is 25.1 Å². The second-order valence-corrected chi connectivity index (χ2v) is 6.55. The summed E-state index contributed by atoms with van der Waals surface area (Å²) in [5, 5.41) is 14.4. The van der Waals surface area contributed by atoms with Crippen molar-refractivity contribution in [1.82, 2.24) is 30.0 Å². The van der Waals surface area contributed by atoms with Gasteiger partial charge in [0.25, 0.3) is 11.7 Å². The summed E-state index contributed by atoms with van der Waals surface area (Å²) in [5.74, 6) is -0.0473. The number of fused-ring (bicyclic) bond motifs is 1. The molecule has 0 spiro atoms. The molecule has 0 amide bonds. The molecule has 9 nitrogen and oxygen atoms in total. The lowest BCUT2D eigenvalue weighted by Crippen LogP contribution is -2.12. The van der Waals surface area contributed by atoms with Crippen LogP contribution in [0.15, 0.2) is 40.9 Å². The van der Waals surface area contributed by atoms with E-state index in [-0.39, 0.29) is 17.6 Å². The Morgan fingerprint density at radius 1 is 1.07 bits per heavy atom. The van der Waals surface area contributed by atoms with Crippen LogP contribution in [0.3, 0.4) is 0 Å². The van der Waals surface area contributed by atoms with Gasteiger partial charge in [-0.25, -0.2) is 0 Å². The smallest absolute Gasteiger partial charge is 0.438 e. The summed E-state index contributed by atoms with van der Waals surface area (Å²) in [5.41, 5.74) is 0.654. The number of alkyl halides is 3. The maximum atomic E-state index is 13.0. The third-order valence-electron chi connectivity index (χ3n) is 4.47. The van der Waals surface area contributed by atoms with Crippen molar-refractivity contribution in [2.24, 2.45) is 0 Å². The van der Waals surface area contributed by atoms with Gasteiger partial charge in [-0.2, -0.15) is 22.7 Å². The van der Waals surface area contributed by atoms with E-state index in [9.17, 15) is 13.2 Å². The molecule has 3 aromatic heterocycles. The van der Waals surface area contributed by atoms with Gasteiger partial charge in [-0.1, -0.05) is 5.16 Å². The van der Waals surface area contributed by atoms with Crippen molar-refractivity contribution in [3.63, 3.8) is 0 Å². The van der Waals surface area contributed by atoms with Gasteiger partial charge in [0.05, 0.1) is 0 Å². The molecular formula is C18H13F3N6O3. The zero-order valence-electron chi connectivity index (χ0n) is 15.2. The highest BCUT2D eigenvalue weighted by Gasteiger charge is 2.37. The second-order valence-electron chi connectivity index (χ2n) is 6.55. The largest absolute Gasteiger partial charge is 0.453 e. The molecule has 1 aliphatic rings. The van der Waals surface area contributed by atoms with E-state index < -0.39 is 12.0 Å². The number of halogens is 3. The van der Waals surface area contributed by atoms with Crippen LogP contribution >= 0.6 is 0 Å². The molecule has 1 unspecified atom stereocenters. The summed E-state index contributed by atoms with van der Waals surface area (Å²) in [6.45, 7) is 0.674. The lowest BCUT2D eigenvalue weighted by atomic mass is 10.2. The molecule has 1 saturated heterocycles. The van der Waals surface area contributed by atoms with Gasteiger partial charge in [-0.05, 0) is 43.2 Å². The standard InChI is InChI=1S/C18H13F3N6O3/c19-18(20,21)17-24-23-13-7-8-14(25-27(13)17)29-11-5-3-10(4-6-11)15-22-16(30-26-15)12-2-1-9-28-12/h3-8,12H,1-2,9H2. The minimum absolute atomic E-state index is 0.0378. The molecule has 4 heterocycles. The summed E-state index contributed by atoms with van der Waals surface area (Å²) in [4.78, 5) is 4.36. The zero-order chi connectivity index (χ0) is 20.7. The molecule has 1 fully saturated rings. The van der Waals surface area contributed by atoms with Crippen LogP contribution in [0, 0.1) is 0 Å². The van der Waals surface area contributed by atoms with E-state index in [0.717, 1.165) is 12.8 Å². The van der Waals surface area contributed by atoms with Gasteiger partial charge in [-0.3, -0.25) is 0 Å². The number of aromatic nitrogens is 6. The average Bonchev–Trinajstić information content (AvgIpc) is 3.47. The first-order chi connectivity index (χ1) is 14.5. The fourth-order valence-corrected chi connectivity index (χ4v) is 3.05. The van der Waals surface area contributed by atoms with E-state index in [1.807, 2.05) is 0 Å². The molecule has 4 aromatic rings. The molecule has 0 radical (unpaired) electrons. The summed E-state index contributed by atoms with van der Waals surface area (Å²) in [7, 11) is 0. The van der Waals surface area contributed by atoms with Crippen molar-refractivity contribution in [3.8, 4) is 23.0 Å². The van der Waals surface area contributed by atoms with Crippen LogP contribution < -0.4 is 4.74 Å². The predicted octanol–water partition coefficient (Wildman–Crippen LogP) is 3.84. The summed E-state index contributed by atoms with van der Waals surface area (Å²) < 4.78 is 55.9. The summed E-state index contributed by atoms with van der Waals surface area (Å²) >= 11 is 0. The van der Waals surface area contributed by atoms with Gasteiger partial charge in [0.15, 0.2) is 5.65 Å². The van der Waals surface area contributed by atoms with E-state index >= 15 is 0 Å². The van der Waals surface area contributed by atoms with Crippen LogP contribution in [0.5, 0.6) is 11.6 Å². The van der Waals surface area contributed by atoms with Gasteiger partial charge in [0.2, 0.25) is 11.7 Å². The molecule has 0 bridgehead atoms. The monoisotopic (exact) mass is 418 g/mol. The number of ether oxygens (including phenoxy) is 2. The molecule has 1 aromatic carbocycles. The first-order valence-corrected chi connectivity index (χ1v) is 9.00. The highest BCUT2D eigenvalue weighted by atomic mass is 19.4. The molecule has 30 heavy (non-hydrogen) atoms. The number of rotatable bonds is 4. The van der Waals surface area contributed by atoms with Crippen molar-refractivity contribution in [2.75, 3.05) is 6.61 Å². The number of nitrogens with zero attached hydrogens (tertiary/aromatic N) is 6. The SMILES string of the molecule is FC(F)(F)c1nnc2ccc(Oc3ccc(-c4noc(C5CCCO5)n4)cc3)nn12. The Labute approximate surface area is 166 Å². The summed E-state index contributed by atoms with van der Waals surface area (Å²) in [6, 6.07) is 9.41. The van der Waals surface area contributed by atoms with Crippen LogP contribution in [-0.2, 0) is 10.9 Å². The predicted molar refractivity (Wildman–Crippen MR) is 93.5 cm³/mol. The molecular weight excluding hydrogens is 405 g/mol. The lowest BCUT2D eigenvalue weighted by Gasteiger charge is -2.07. The van der Waals surface area contributed by atoms with Crippen molar-refractivity contribution < 1.29 is 27.2 Å². The Bertz CT molecular complexity index is 1180. The van der Waals surface area contributed by atoms with Crippen molar-refractivity contribution in [3.05, 3.63) is 48.1 Å². The molecule has 0 saturated carbocycles. The molecule has 5 rings (SSSR count). The van der Waals surface area contributed by atoms with Gasteiger partial charge in [0, 0.05) is 18.2 Å². The molecule has 0 N–H and O–H groups in total. The second kappa shape index (κ2) is 7.06. The molecule has 154 valence electrons. The third kappa shape index (κ3) is 3.45. The van der Waals surface area contributed by atoms with Gasteiger partial charge in [-0.15, -0.1) is 15.3 Å². The normalized spacial score (nSPS) is 17.0. The van der Waals surface area contributed by atoms with Crippen LogP contribution in [0.1, 0.15) is 30.7 Å². The Balaban J connectivity index is 1.35. The minimum Gasteiger partial charge on any atom is -0.438 e. The molecule has 1 aliphatic heterocycles. The van der Waals surface area contributed by atoms with E-state index in [1.165, 1.54) is 12.1 Å². The third-order valence-corrected chi connectivity index (χ3v) is 4.47. The van der Waals surface area contributed by atoms with Gasteiger partial charge < -0.3 is 14.0 Å². The summed E-state index contributed by atoms with van der Waals surface area (Å²) in [6.07, 6.45) is -3.06. The number of hydrogen-bond donors (Lipinski definition) is 0. The maximum absolute atomic E-state index is 13.0. The Morgan fingerprint density at radius 3 is 2.63 bits per heavy atom. The Morgan fingerprint density at radius 2 is 1.90 bits per heavy atom. The fourth-order valence-electron chi connectivity index (χ4n) is 3.05. The quantitative estimate of drug-likeness (QED) is 0.493. The van der Waals surface area contributed by atoms with Crippen LogP contribution in [0.25, 0.3) is 17.0 Å². The van der Waals surface area contributed by atoms with E-state index in [1.54, 1.807) is 24.3 Å². The first-order valence-electron chi connectivity index (χ1n) is 9.00. The Hall–Kier alpha value is -3.54. The van der Waals surface area contributed by atoms with E-state index in [2.05, 4.69) is 25.4 Å². The van der Waals surface area contributed by atoms with Crippen LogP contribution in [0.2, 0.25) is 0 Å². The van der Waals surface area contributed by atoms with Gasteiger partial charge >= 0.3 is 6.18 Å². The fraction of sp³-hybridized carbons (Fsp3) is 0.278. The minimum atomic E-state index is -4.68. The lowest BCUT2D eigenvalue weighted by molar-refractivity contribution is -0.146. The van der Waals surface area contributed by atoms with Gasteiger partial charge in [0.1, 0.15) is 11.9 Å². The maximum Gasteiger partial charge on any atom is 0.453 e. The first kappa shape index (κ1) is 18.5. The molecule has 12 heteroatoms. The van der Waals surface area contributed by atoms with E-state index in [4.69, 9.17) is 14.0 Å².